The van der Waals surface area contributed by atoms with Crippen molar-refractivity contribution in [3.05, 3.63) is 53.5 Å². The second-order valence-corrected chi connectivity index (χ2v) is 8.81. The Labute approximate surface area is 179 Å². The molecule has 31 heavy (non-hydrogen) atoms. The van der Waals surface area contributed by atoms with Crippen LogP contribution in [0.1, 0.15) is 36.8 Å². The van der Waals surface area contributed by atoms with Crippen molar-refractivity contribution in [1.29, 1.82) is 0 Å². The molecule has 2 aliphatic rings. The van der Waals surface area contributed by atoms with Gasteiger partial charge in [0.15, 0.2) is 6.23 Å². The van der Waals surface area contributed by atoms with Crippen LogP contribution in [0.5, 0.6) is 0 Å². The molecule has 0 unspecified atom stereocenters. The number of benzene rings is 1. The molecule has 0 bridgehead atoms. The zero-order chi connectivity index (χ0) is 22.0. The molecule has 0 spiro atoms. The number of fused-ring (bicyclic) bond motifs is 2. The van der Waals surface area contributed by atoms with Crippen LogP contribution in [0.25, 0.3) is 11.0 Å². The maximum atomic E-state index is 11.7. The highest BCUT2D eigenvalue weighted by molar-refractivity contribution is 5.86. The van der Waals surface area contributed by atoms with E-state index in [4.69, 9.17) is 10.5 Å². The van der Waals surface area contributed by atoms with E-state index in [1.165, 1.54) is 13.3 Å². The number of nitrogens with one attached hydrogen (secondary N) is 1. The van der Waals surface area contributed by atoms with Gasteiger partial charge in [0.1, 0.15) is 41.2 Å². The zero-order valence-electron chi connectivity index (χ0n) is 17.5. The van der Waals surface area contributed by atoms with Gasteiger partial charge in [-0.1, -0.05) is 18.2 Å². The van der Waals surface area contributed by atoms with Crippen molar-refractivity contribution in [1.82, 2.24) is 19.9 Å². The first-order chi connectivity index (χ1) is 14.7. The minimum Gasteiger partial charge on any atom is -0.385 e. The third kappa shape index (κ3) is 2.96. The topological polar surface area (TPSA) is 139 Å². The average molecular weight is 425 g/mol. The molecule has 9 nitrogen and oxygen atoms in total. The molecule has 6 N–H and O–H groups in total. The van der Waals surface area contributed by atoms with E-state index >= 15 is 0 Å². The number of rotatable bonds is 3. The van der Waals surface area contributed by atoms with E-state index in [9.17, 15) is 15.3 Å². The Morgan fingerprint density at radius 2 is 2.13 bits per heavy atom. The zero-order valence-corrected chi connectivity index (χ0v) is 17.5. The Bertz CT molecular complexity index is 1140. The van der Waals surface area contributed by atoms with Gasteiger partial charge in [0.2, 0.25) is 0 Å². The molecule has 3 aromatic rings. The summed E-state index contributed by atoms with van der Waals surface area (Å²) in [6.07, 6.45) is 0.521. The summed E-state index contributed by atoms with van der Waals surface area (Å²) in [6, 6.07) is 7.55. The van der Waals surface area contributed by atoms with Gasteiger partial charge >= 0.3 is 0 Å². The molecular formula is C22H27N5O4. The summed E-state index contributed by atoms with van der Waals surface area (Å²) in [4.78, 5) is 8.24. The SMILES string of the molecule is C[C@]1(O)[C@@H](O)[C@H](n2ccc3c(N)ncnc32)O[C@@H]1[C@@](C)(O)c1cccc2c1CNCC2. The number of ether oxygens (including phenoxy) is 1. The van der Waals surface area contributed by atoms with Gasteiger partial charge in [0.25, 0.3) is 0 Å². The Kier molecular flexibility index (Phi) is 4.58. The summed E-state index contributed by atoms with van der Waals surface area (Å²) in [7, 11) is 0. The van der Waals surface area contributed by atoms with Crippen molar-refractivity contribution in [2.24, 2.45) is 0 Å². The molecule has 5 rings (SSSR count). The van der Waals surface area contributed by atoms with Gasteiger partial charge in [-0.15, -0.1) is 0 Å². The maximum Gasteiger partial charge on any atom is 0.164 e. The summed E-state index contributed by atoms with van der Waals surface area (Å²) in [5.41, 5.74) is 5.97. The number of aliphatic hydroxyl groups is 3. The third-order valence-corrected chi connectivity index (χ3v) is 6.69. The lowest BCUT2D eigenvalue weighted by molar-refractivity contribution is -0.162. The first kappa shape index (κ1) is 20.3. The normalized spacial score (nSPS) is 30.3. The standard InChI is InChI=1S/C22H27N5O4/c1-21(29,15-5-3-4-12-6-8-24-10-14(12)15)20-22(2,30)16(28)19(31-20)27-9-7-13-17(23)25-11-26-18(13)27/h3-5,7,9,11,16,19-20,24,28-30H,6,8,10H2,1-2H3,(H2,23,25,26)/t16-,19+,20+,21-,22-/m0/s1. The quantitative estimate of drug-likeness (QED) is 0.411. The molecule has 0 radical (unpaired) electrons. The molecule has 9 heteroatoms. The second-order valence-electron chi connectivity index (χ2n) is 8.81. The van der Waals surface area contributed by atoms with E-state index in [1.807, 2.05) is 12.1 Å². The minimum atomic E-state index is -1.73. The summed E-state index contributed by atoms with van der Waals surface area (Å²) < 4.78 is 7.80. The average Bonchev–Trinajstić information content (AvgIpc) is 3.27. The summed E-state index contributed by atoms with van der Waals surface area (Å²) in [5.74, 6) is 0.315. The van der Waals surface area contributed by atoms with Crippen LogP contribution in [-0.2, 0) is 23.3 Å². The van der Waals surface area contributed by atoms with E-state index in [0.717, 1.165) is 24.1 Å². The van der Waals surface area contributed by atoms with Crippen molar-refractivity contribution >= 4 is 16.9 Å². The van der Waals surface area contributed by atoms with Crippen LogP contribution in [0.2, 0.25) is 0 Å². The fourth-order valence-electron chi connectivity index (χ4n) is 5.04. The number of aromatic nitrogens is 3. The van der Waals surface area contributed by atoms with Crippen molar-refractivity contribution in [3.63, 3.8) is 0 Å². The third-order valence-electron chi connectivity index (χ3n) is 6.69. The van der Waals surface area contributed by atoms with Gasteiger partial charge in [-0.2, -0.15) is 0 Å². The van der Waals surface area contributed by atoms with E-state index < -0.39 is 29.6 Å². The molecule has 0 aliphatic carbocycles. The van der Waals surface area contributed by atoms with Crippen molar-refractivity contribution in [2.45, 2.75) is 56.5 Å². The smallest absolute Gasteiger partial charge is 0.164 e. The fraction of sp³-hybridized carbons (Fsp3) is 0.455. The largest absolute Gasteiger partial charge is 0.385 e. The Balaban J connectivity index is 1.57. The van der Waals surface area contributed by atoms with Crippen LogP contribution in [0.4, 0.5) is 5.82 Å². The van der Waals surface area contributed by atoms with Crippen molar-refractivity contribution in [2.75, 3.05) is 12.3 Å². The molecular weight excluding hydrogens is 398 g/mol. The lowest BCUT2D eigenvalue weighted by Crippen LogP contribution is -2.54. The Morgan fingerprint density at radius 3 is 2.94 bits per heavy atom. The lowest BCUT2D eigenvalue weighted by atomic mass is 9.77. The molecule has 0 amide bonds. The number of anilines is 1. The molecule has 1 fully saturated rings. The fourth-order valence-corrected chi connectivity index (χ4v) is 5.04. The van der Waals surface area contributed by atoms with Gasteiger partial charge in [0.05, 0.1) is 5.39 Å². The summed E-state index contributed by atoms with van der Waals surface area (Å²) in [5, 5.41) is 38.0. The first-order valence-electron chi connectivity index (χ1n) is 10.4. The van der Waals surface area contributed by atoms with Crippen LogP contribution in [0.3, 0.4) is 0 Å². The number of nitrogen functional groups attached to an aromatic ring is 1. The Morgan fingerprint density at radius 1 is 1.32 bits per heavy atom. The molecule has 1 saturated heterocycles. The van der Waals surface area contributed by atoms with Gasteiger partial charge in [-0.05, 0) is 49.6 Å². The van der Waals surface area contributed by atoms with Gasteiger partial charge in [-0.25, -0.2) is 9.97 Å². The summed E-state index contributed by atoms with van der Waals surface area (Å²) in [6.45, 7) is 4.61. The van der Waals surface area contributed by atoms with Crippen molar-refractivity contribution in [3.8, 4) is 0 Å². The molecule has 1 aromatic carbocycles. The Hall–Kier alpha value is -2.56. The van der Waals surface area contributed by atoms with Crippen LogP contribution >= 0.6 is 0 Å². The minimum absolute atomic E-state index is 0.315. The number of nitrogens with zero attached hydrogens (tertiary/aromatic N) is 3. The number of nitrogens with two attached hydrogens (primary N) is 1. The van der Waals surface area contributed by atoms with E-state index in [-0.39, 0.29) is 0 Å². The maximum absolute atomic E-state index is 11.7. The highest BCUT2D eigenvalue weighted by atomic mass is 16.6. The van der Waals surface area contributed by atoms with E-state index in [2.05, 4.69) is 21.4 Å². The van der Waals surface area contributed by atoms with Crippen LogP contribution in [0, 0.1) is 0 Å². The predicted molar refractivity (Wildman–Crippen MR) is 114 cm³/mol. The summed E-state index contributed by atoms with van der Waals surface area (Å²) >= 11 is 0. The highest BCUT2D eigenvalue weighted by Crippen LogP contribution is 2.47. The van der Waals surface area contributed by atoms with Crippen LogP contribution in [0.15, 0.2) is 36.8 Å². The lowest BCUT2D eigenvalue weighted by Gasteiger charge is -2.39. The highest BCUT2D eigenvalue weighted by Gasteiger charge is 2.60. The molecule has 2 aromatic heterocycles. The molecule has 4 heterocycles. The molecule has 5 atom stereocenters. The van der Waals surface area contributed by atoms with E-state index in [0.29, 0.717) is 29.0 Å². The second kappa shape index (κ2) is 6.98. The van der Waals surface area contributed by atoms with Gasteiger partial charge < -0.3 is 35.7 Å². The molecule has 2 aliphatic heterocycles. The van der Waals surface area contributed by atoms with Gasteiger partial charge in [-0.3, -0.25) is 0 Å². The molecule has 0 saturated carbocycles. The number of hydrogen-bond donors (Lipinski definition) is 5. The number of hydrogen-bond acceptors (Lipinski definition) is 8. The van der Waals surface area contributed by atoms with Gasteiger partial charge in [0, 0.05) is 12.7 Å². The first-order valence-corrected chi connectivity index (χ1v) is 10.4. The van der Waals surface area contributed by atoms with Crippen molar-refractivity contribution < 1.29 is 20.1 Å². The molecule has 164 valence electrons. The van der Waals surface area contributed by atoms with Crippen LogP contribution < -0.4 is 11.1 Å². The predicted octanol–water partition coefficient (Wildman–Crippen LogP) is 0.576. The van der Waals surface area contributed by atoms with E-state index in [1.54, 1.807) is 23.8 Å². The monoisotopic (exact) mass is 425 g/mol. The number of aliphatic hydroxyl groups excluding tert-OH is 1. The van der Waals surface area contributed by atoms with Crippen LogP contribution in [-0.4, -0.2) is 54.2 Å².